The lowest BCUT2D eigenvalue weighted by molar-refractivity contribution is -0.116. The number of amides is 1. The minimum Gasteiger partial charge on any atom is -0.487 e. The predicted octanol–water partition coefficient (Wildman–Crippen LogP) is 3.15. The van der Waals surface area contributed by atoms with Crippen molar-refractivity contribution in [3.8, 4) is 5.75 Å². The van der Waals surface area contributed by atoms with E-state index >= 15 is 0 Å². The maximum absolute atomic E-state index is 11.5. The van der Waals surface area contributed by atoms with E-state index in [1.54, 1.807) is 0 Å². The maximum atomic E-state index is 11.5. The van der Waals surface area contributed by atoms with E-state index in [0.29, 0.717) is 13.0 Å². The summed E-state index contributed by atoms with van der Waals surface area (Å²) in [6, 6.07) is 15.9. The SMILES string of the molecule is O=C1CCc2cccc(OCc3ccccc3)c2N1. The number of benzene rings is 2. The topological polar surface area (TPSA) is 38.3 Å². The normalized spacial score (nSPS) is 13.6. The van der Waals surface area contributed by atoms with Gasteiger partial charge in [-0.25, -0.2) is 0 Å². The molecule has 96 valence electrons. The van der Waals surface area contributed by atoms with Gasteiger partial charge in [-0.3, -0.25) is 4.79 Å². The number of aryl methyl sites for hydroxylation is 1. The van der Waals surface area contributed by atoms with Crippen LogP contribution in [0.1, 0.15) is 17.5 Å². The molecule has 19 heavy (non-hydrogen) atoms. The molecule has 0 atom stereocenters. The molecule has 1 amide bonds. The van der Waals surface area contributed by atoms with Crippen LogP contribution in [0, 0.1) is 0 Å². The number of carbonyl (C=O) groups is 1. The number of anilines is 1. The molecule has 3 nitrogen and oxygen atoms in total. The van der Waals surface area contributed by atoms with E-state index in [9.17, 15) is 4.79 Å². The van der Waals surface area contributed by atoms with Gasteiger partial charge in [-0.15, -0.1) is 0 Å². The van der Waals surface area contributed by atoms with Gasteiger partial charge < -0.3 is 10.1 Å². The first-order chi connectivity index (χ1) is 9.33. The van der Waals surface area contributed by atoms with Crippen LogP contribution in [0.5, 0.6) is 5.75 Å². The summed E-state index contributed by atoms with van der Waals surface area (Å²) < 4.78 is 5.82. The molecule has 2 aromatic rings. The van der Waals surface area contributed by atoms with Crippen molar-refractivity contribution in [2.75, 3.05) is 5.32 Å². The fraction of sp³-hybridized carbons (Fsp3) is 0.188. The van der Waals surface area contributed by atoms with Gasteiger partial charge >= 0.3 is 0 Å². The summed E-state index contributed by atoms with van der Waals surface area (Å²) in [5, 5.41) is 2.90. The number of hydrogen-bond acceptors (Lipinski definition) is 2. The lowest BCUT2D eigenvalue weighted by Crippen LogP contribution is -2.19. The number of nitrogens with one attached hydrogen (secondary N) is 1. The van der Waals surface area contributed by atoms with E-state index < -0.39 is 0 Å². The molecule has 1 aliphatic heterocycles. The summed E-state index contributed by atoms with van der Waals surface area (Å²) >= 11 is 0. The van der Waals surface area contributed by atoms with E-state index in [1.165, 1.54) is 0 Å². The Bertz CT molecular complexity index is 593. The van der Waals surface area contributed by atoms with Crippen molar-refractivity contribution < 1.29 is 9.53 Å². The van der Waals surface area contributed by atoms with Crippen LogP contribution in [-0.2, 0) is 17.8 Å². The van der Waals surface area contributed by atoms with E-state index in [-0.39, 0.29) is 5.91 Å². The van der Waals surface area contributed by atoms with Gasteiger partial charge in [0.1, 0.15) is 12.4 Å². The zero-order valence-corrected chi connectivity index (χ0v) is 10.6. The average molecular weight is 253 g/mol. The van der Waals surface area contributed by atoms with Crippen LogP contribution in [0.4, 0.5) is 5.69 Å². The monoisotopic (exact) mass is 253 g/mol. The number of para-hydroxylation sites is 1. The summed E-state index contributed by atoms with van der Waals surface area (Å²) in [4.78, 5) is 11.5. The van der Waals surface area contributed by atoms with Gasteiger partial charge in [0, 0.05) is 6.42 Å². The lowest BCUT2D eigenvalue weighted by atomic mass is 10.0. The van der Waals surface area contributed by atoms with Crippen LogP contribution in [0.3, 0.4) is 0 Å². The Hall–Kier alpha value is -2.29. The molecule has 0 fully saturated rings. The molecule has 0 unspecified atom stereocenters. The molecule has 0 spiro atoms. The second-order valence-corrected chi connectivity index (χ2v) is 4.61. The highest BCUT2D eigenvalue weighted by Crippen LogP contribution is 2.32. The molecule has 0 aliphatic carbocycles. The molecule has 0 radical (unpaired) electrons. The summed E-state index contributed by atoms with van der Waals surface area (Å²) in [6.07, 6.45) is 1.33. The molecule has 2 aromatic carbocycles. The van der Waals surface area contributed by atoms with Gasteiger partial charge in [0.05, 0.1) is 5.69 Å². The van der Waals surface area contributed by atoms with Crippen LogP contribution in [0.15, 0.2) is 48.5 Å². The Balaban J connectivity index is 1.80. The van der Waals surface area contributed by atoms with Crippen molar-refractivity contribution in [2.24, 2.45) is 0 Å². The number of carbonyl (C=O) groups excluding carboxylic acids is 1. The van der Waals surface area contributed by atoms with E-state index in [0.717, 1.165) is 29.0 Å². The van der Waals surface area contributed by atoms with Gasteiger partial charge in [0.15, 0.2) is 0 Å². The van der Waals surface area contributed by atoms with Crippen molar-refractivity contribution in [1.82, 2.24) is 0 Å². The second kappa shape index (κ2) is 5.14. The zero-order chi connectivity index (χ0) is 13.1. The smallest absolute Gasteiger partial charge is 0.224 e. The highest BCUT2D eigenvalue weighted by Gasteiger charge is 2.18. The summed E-state index contributed by atoms with van der Waals surface area (Å²) in [5.74, 6) is 0.803. The molecule has 0 saturated heterocycles. The molecule has 3 heteroatoms. The van der Waals surface area contributed by atoms with E-state index in [1.807, 2.05) is 48.5 Å². The molecule has 1 heterocycles. The molecule has 1 aliphatic rings. The summed E-state index contributed by atoms with van der Waals surface area (Å²) in [6.45, 7) is 0.507. The Morgan fingerprint density at radius 1 is 1.00 bits per heavy atom. The zero-order valence-electron chi connectivity index (χ0n) is 10.6. The second-order valence-electron chi connectivity index (χ2n) is 4.61. The van der Waals surface area contributed by atoms with Gasteiger partial charge in [0.25, 0.3) is 0 Å². The molecule has 0 aromatic heterocycles. The first-order valence-corrected chi connectivity index (χ1v) is 6.41. The first-order valence-electron chi connectivity index (χ1n) is 6.41. The van der Waals surface area contributed by atoms with Gasteiger partial charge in [-0.05, 0) is 23.6 Å². The van der Waals surface area contributed by atoms with Crippen LogP contribution >= 0.6 is 0 Å². The standard InChI is InChI=1S/C16H15NO2/c18-15-10-9-13-7-4-8-14(16(13)17-15)19-11-12-5-2-1-3-6-12/h1-8H,9-11H2,(H,17,18). The van der Waals surface area contributed by atoms with E-state index in [4.69, 9.17) is 4.74 Å². The quantitative estimate of drug-likeness (QED) is 0.912. The molecule has 3 rings (SSSR count). The molecule has 0 saturated carbocycles. The minimum atomic E-state index is 0.0586. The van der Waals surface area contributed by atoms with Crippen LogP contribution in [0.25, 0.3) is 0 Å². The molecule has 1 N–H and O–H groups in total. The molecular weight excluding hydrogens is 238 g/mol. The maximum Gasteiger partial charge on any atom is 0.224 e. The highest BCUT2D eigenvalue weighted by molar-refractivity contribution is 5.95. The predicted molar refractivity (Wildman–Crippen MR) is 74.2 cm³/mol. The highest BCUT2D eigenvalue weighted by atomic mass is 16.5. The third-order valence-electron chi connectivity index (χ3n) is 3.24. The molecular formula is C16H15NO2. The third kappa shape index (κ3) is 2.60. The van der Waals surface area contributed by atoms with Crippen molar-refractivity contribution >= 4 is 11.6 Å². The Morgan fingerprint density at radius 2 is 1.84 bits per heavy atom. The number of hydrogen-bond donors (Lipinski definition) is 1. The number of fused-ring (bicyclic) bond motifs is 1. The minimum absolute atomic E-state index is 0.0586. The van der Waals surface area contributed by atoms with Crippen molar-refractivity contribution in [3.63, 3.8) is 0 Å². The Morgan fingerprint density at radius 3 is 2.68 bits per heavy atom. The fourth-order valence-electron chi connectivity index (χ4n) is 2.23. The number of rotatable bonds is 3. The Labute approximate surface area is 112 Å². The lowest BCUT2D eigenvalue weighted by Gasteiger charge is -2.20. The largest absolute Gasteiger partial charge is 0.487 e. The van der Waals surface area contributed by atoms with Crippen LogP contribution in [-0.4, -0.2) is 5.91 Å². The van der Waals surface area contributed by atoms with Gasteiger partial charge in [-0.2, -0.15) is 0 Å². The number of ether oxygens (including phenoxy) is 1. The third-order valence-corrected chi connectivity index (χ3v) is 3.24. The molecule has 0 bridgehead atoms. The van der Waals surface area contributed by atoms with Crippen molar-refractivity contribution in [1.29, 1.82) is 0 Å². The average Bonchev–Trinajstić information content (AvgIpc) is 2.46. The van der Waals surface area contributed by atoms with E-state index in [2.05, 4.69) is 5.32 Å². The first kappa shape index (κ1) is 11.8. The van der Waals surface area contributed by atoms with Gasteiger partial charge in [-0.1, -0.05) is 42.5 Å². The summed E-state index contributed by atoms with van der Waals surface area (Å²) in [5.41, 5.74) is 3.09. The fourth-order valence-corrected chi connectivity index (χ4v) is 2.23. The summed E-state index contributed by atoms with van der Waals surface area (Å²) in [7, 11) is 0. The van der Waals surface area contributed by atoms with Crippen LogP contribution < -0.4 is 10.1 Å². The van der Waals surface area contributed by atoms with Crippen molar-refractivity contribution in [2.45, 2.75) is 19.4 Å². The van der Waals surface area contributed by atoms with Crippen molar-refractivity contribution in [3.05, 3.63) is 59.7 Å². The van der Waals surface area contributed by atoms with Gasteiger partial charge in [0.2, 0.25) is 5.91 Å². The Kier molecular flexibility index (Phi) is 3.19. The van der Waals surface area contributed by atoms with Crippen LogP contribution in [0.2, 0.25) is 0 Å².